The van der Waals surface area contributed by atoms with Crippen molar-refractivity contribution in [2.45, 2.75) is 4.90 Å². The number of rotatable bonds is 5. The van der Waals surface area contributed by atoms with Crippen LogP contribution >= 0.6 is 23.2 Å². The monoisotopic (exact) mass is 412 g/mol. The summed E-state index contributed by atoms with van der Waals surface area (Å²) in [5.74, 6) is -0.857. The summed E-state index contributed by atoms with van der Waals surface area (Å²) in [5, 5.41) is 0.113. The van der Waals surface area contributed by atoms with Crippen LogP contribution in [-0.2, 0) is 20.0 Å². The van der Waals surface area contributed by atoms with E-state index < -0.39 is 31.6 Å². The van der Waals surface area contributed by atoms with E-state index in [2.05, 4.69) is 4.72 Å². The molecule has 0 saturated carbocycles. The third kappa shape index (κ3) is 4.73. The predicted molar refractivity (Wildman–Crippen MR) is 92.1 cm³/mol. The van der Waals surface area contributed by atoms with Crippen LogP contribution < -0.4 is 9.44 Å². The lowest BCUT2D eigenvalue weighted by Gasteiger charge is -2.12. The van der Waals surface area contributed by atoms with Gasteiger partial charge in [-0.1, -0.05) is 23.2 Å². The van der Waals surface area contributed by atoms with Gasteiger partial charge in [-0.3, -0.25) is 9.44 Å². The molecular formula is C13H11Cl2FN2O4S2. The van der Waals surface area contributed by atoms with Crippen molar-refractivity contribution in [2.24, 2.45) is 0 Å². The summed E-state index contributed by atoms with van der Waals surface area (Å²) in [6.45, 7) is 0. The Balaban J connectivity index is 2.40. The summed E-state index contributed by atoms with van der Waals surface area (Å²) in [5.41, 5.74) is -0.450. The van der Waals surface area contributed by atoms with Gasteiger partial charge in [0, 0.05) is 5.02 Å². The Labute approximate surface area is 148 Å². The molecule has 0 aliphatic heterocycles. The second-order valence-electron chi connectivity index (χ2n) is 4.75. The average Bonchev–Trinajstić information content (AvgIpc) is 2.43. The van der Waals surface area contributed by atoms with Crippen molar-refractivity contribution in [2.75, 3.05) is 15.7 Å². The van der Waals surface area contributed by atoms with Crippen LogP contribution in [-0.4, -0.2) is 23.1 Å². The Morgan fingerprint density at radius 2 is 1.62 bits per heavy atom. The van der Waals surface area contributed by atoms with E-state index in [1.807, 2.05) is 4.72 Å². The maximum absolute atomic E-state index is 13.6. The third-order valence-corrected chi connectivity index (χ3v) is 5.39. The molecule has 11 heteroatoms. The highest BCUT2D eigenvalue weighted by molar-refractivity contribution is 7.93. The van der Waals surface area contributed by atoms with Gasteiger partial charge in [-0.2, -0.15) is 0 Å². The number of hydrogen-bond donors (Lipinski definition) is 2. The zero-order valence-corrected chi connectivity index (χ0v) is 15.2. The molecule has 0 atom stereocenters. The van der Waals surface area contributed by atoms with Gasteiger partial charge in [0.1, 0.15) is 10.7 Å². The fourth-order valence-corrected chi connectivity index (χ4v) is 4.13. The summed E-state index contributed by atoms with van der Waals surface area (Å²) in [4.78, 5) is -0.265. The highest BCUT2D eigenvalue weighted by Crippen LogP contribution is 2.28. The second kappa shape index (κ2) is 6.75. The summed E-state index contributed by atoms with van der Waals surface area (Å²) in [6.07, 6.45) is 0.842. The minimum atomic E-state index is -4.11. The van der Waals surface area contributed by atoms with Crippen molar-refractivity contribution < 1.29 is 21.2 Å². The lowest BCUT2D eigenvalue weighted by Crippen LogP contribution is -2.15. The van der Waals surface area contributed by atoms with Crippen molar-refractivity contribution in [3.8, 4) is 0 Å². The van der Waals surface area contributed by atoms with Crippen LogP contribution in [0.2, 0.25) is 10.0 Å². The fraction of sp³-hybridized carbons (Fsp3) is 0.0769. The van der Waals surface area contributed by atoms with Gasteiger partial charge in [-0.25, -0.2) is 21.2 Å². The standard InChI is InChI=1S/C13H11Cl2FN2O4S2/c1-23(19,20)18-12-7-9(3-5-11(12)16)17-24(21,22)13-6-8(14)2-4-10(13)15/h2-7,17-18H,1H3. The van der Waals surface area contributed by atoms with E-state index in [0.29, 0.717) is 0 Å². The van der Waals surface area contributed by atoms with E-state index >= 15 is 0 Å². The highest BCUT2D eigenvalue weighted by atomic mass is 35.5. The van der Waals surface area contributed by atoms with E-state index in [4.69, 9.17) is 23.2 Å². The van der Waals surface area contributed by atoms with E-state index in [-0.39, 0.29) is 20.6 Å². The SMILES string of the molecule is CS(=O)(=O)Nc1cc(NS(=O)(=O)c2cc(Cl)ccc2Cl)ccc1F. The molecule has 2 aromatic rings. The molecule has 0 unspecified atom stereocenters. The van der Waals surface area contributed by atoms with Crippen LogP contribution in [0, 0.1) is 5.82 Å². The van der Waals surface area contributed by atoms with Crippen molar-refractivity contribution in [1.29, 1.82) is 0 Å². The van der Waals surface area contributed by atoms with E-state index in [0.717, 1.165) is 30.5 Å². The van der Waals surface area contributed by atoms with Gasteiger partial charge in [0.15, 0.2) is 0 Å². The van der Waals surface area contributed by atoms with Gasteiger partial charge in [0.25, 0.3) is 10.0 Å². The molecule has 2 rings (SSSR count). The summed E-state index contributed by atoms with van der Waals surface area (Å²) in [7, 11) is -7.84. The molecule has 0 fully saturated rings. The first-order valence-electron chi connectivity index (χ1n) is 6.23. The first-order valence-corrected chi connectivity index (χ1v) is 10.4. The van der Waals surface area contributed by atoms with E-state index in [1.165, 1.54) is 12.1 Å². The number of hydrogen-bond acceptors (Lipinski definition) is 4. The Hall–Kier alpha value is -1.55. The quantitative estimate of drug-likeness (QED) is 0.787. The van der Waals surface area contributed by atoms with Gasteiger partial charge < -0.3 is 0 Å². The van der Waals surface area contributed by atoms with Gasteiger partial charge in [-0.15, -0.1) is 0 Å². The highest BCUT2D eigenvalue weighted by Gasteiger charge is 2.19. The van der Waals surface area contributed by atoms with E-state index in [9.17, 15) is 21.2 Å². The Bertz CT molecular complexity index is 995. The van der Waals surface area contributed by atoms with Gasteiger partial charge in [-0.05, 0) is 36.4 Å². The van der Waals surface area contributed by atoms with Crippen LogP contribution in [0.4, 0.5) is 15.8 Å². The zero-order valence-electron chi connectivity index (χ0n) is 12.0. The number of sulfonamides is 2. The second-order valence-corrected chi connectivity index (χ2v) is 8.99. The maximum atomic E-state index is 13.6. The molecule has 2 N–H and O–H groups in total. The van der Waals surface area contributed by atoms with E-state index in [1.54, 1.807) is 0 Å². The number of nitrogens with one attached hydrogen (secondary N) is 2. The van der Waals surface area contributed by atoms with Gasteiger partial charge >= 0.3 is 0 Å². The van der Waals surface area contributed by atoms with Gasteiger partial charge in [0.05, 0.1) is 22.7 Å². The molecule has 0 bridgehead atoms. The van der Waals surface area contributed by atoms with Crippen molar-refractivity contribution >= 4 is 54.6 Å². The predicted octanol–water partition coefficient (Wildman–Crippen LogP) is 3.30. The largest absolute Gasteiger partial charge is 0.281 e. The lowest BCUT2D eigenvalue weighted by atomic mass is 10.3. The smallest absolute Gasteiger partial charge is 0.263 e. The Kier molecular flexibility index (Phi) is 5.28. The van der Waals surface area contributed by atoms with Crippen LogP contribution in [0.1, 0.15) is 0 Å². The zero-order chi connectivity index (χ0) is 18.1. The molecule has 0 spiro atoms. The topological polar surface area (TPSA) is 92.3 Å². The molecular weight excluding hydrogens is 402 g/mol. The van der Waals surface area contributed by atoms with Crippen molar-refractivity contribution in [3.05, 3.63) is 52.3 Å². The van der Waals surface area contributed by atoms with Gasteiger partial charge in [0.2, 0.25) is 10.0 Å². The Morgan fingerprint density at radius 1 is 0.958 bits per heavy atom. The molecule has 6 nitrogen and oxygen atoms in total. The van der Waals surface area contributed by atoms with Crippen LogP contribution in [0.5, 0.6) is 0 Å². The average molecular weight is 413 g/mol. The minimum Gasteiger partial charge on any atom is -0.281 e. The minimum absolute atomic E-state index is 0.0523. The molecule has 0 saturated heterocycles. The molecule has 0 aromatic heterocycles. The third-order valence-electron chi connectivity index (χ3n) is 2.70. The molecule has 0 aliphatic carbocycles. The number of anilines is 2. The maximum Gasteiger partial charge on any atom is 0.263 e. The summed E-state index contributed by atoms with van der Waals surface area (Å²) < 4.78 is 64.9. The summed E-state index contributed by atoms with van der Waals surface area (Å²) >= 11 is 11.6. The fourth-order valence-electron chi connectivity index (χ4n) is 1.76. The molecule has 0 aliphatic rings. The molecule has 130 valence electrons. The first-order chi connectivity index (χ1) is 11.0. The number of halogens is 3. The Morgan fingerprint density at radius 3 is 2.25 bits per heavy atom. The summed E-state index contributed by atoms with van der Waals surface area (Å²) in [6, 6.07) is 6.97. The van der Waals surface area contributed by atoms with Crippen LogP contribution in [0.3, 0.4) is 0 Å². The molecule has 0 amide bonds. The van der Waals surface area contributed by atoms with Crippen LogP contribution in [0.15, 0.2) is 41.3 Å². The van der Waals surface area contributed by atoms with Crippen LogP contribution in [0.25, 0.3) is 0 Å². The molecule has 2 aromatic carbocycles. The normalized spacial score (nSPS) is 12.0. The molecule has 0 radical (unpaired) electrons. The van der Waals surface area contributed by atoms with Crippen molar-refractivity contribution in [3.63, 3.8) is 0 Å². The number of benzene rings is 2. The lowest BCUT2D eigenvalue weighted by molar-refractivity contribution is 0.601. The molecule has 0 heterocycles. The first kappa shape index (κ1) is 18.8. The molecule has 24 heavy (non-hydrogen) atoms. The van der Waals surface area contributed by atoms with Crippen molar-refractivity contribution in [1.82, 2.24) is 0 Å².